The van der Waals surface area contributed by atoms with Crippen LogP contribution in [0.15, 0.2) is 29.2 Å². The van der Waals surface area contributed by atoms with Crippen LogP contribution in [-0.4, -0.2) is 38.4 Å². The number of benzene rings is 1. The molecule has 1 saturated heterocycles. The summed E-state index contributed by atoms with van der Waals surface area (Å²) < 4.78 is 39.3. The molecular weight excluding hydrogens is 327 g/mol. The van der Waals surface area contributed by atoms with Gasteiger partial charge in [0.05, 0.1) is 4.90 Å². The number of halogens is 2. The number of hydrogen-bond donors (Lipinski definition) is 1. The van der Waals surface area contributed by atoms with Crippen LogP contribution >= 0.6 is 12.4 Å². The molecule has 4 nitrogen and oxygen atoms in total. The average molecular weight is 349 g/mol. The van der Waals surface area contributed by atoms with Crippen molar-refractivity contribution in [2.45, 2.75) is 36.6 Å². The molecule has 0 spiro atoms. The maximum Gasteiger partial charge on any atom is 0.243 e. The quantitative estimate of drug-likeness (QED) is 0.889. The van der Waals surface area contributed by atoms with Crippen molar-refractivity contribution in [3.63, 3.8) is 0 Å². The zero-order chi connectivity index (χ0) is 14.9. The minimum Gasteiger partial charge on any atom is -0.314 e. The van der Waals surface area contributed by atoms with Crippen molar-refractivity contribution >= 4 is 22.4 Å². The van der Waals surface area contributed by atoms with E-state index in [4.69, 9.17) is 0 Å². The summed E-state index contributed by atoms with van der Waals surface area (Å²) in [6.45, 7) is 2.12. The van der Waals surface area contributed by atoms with E-state index in [1.807, 2.05) is 0 Å². The van der Waals surface area contributed by atoms with Crippen LogP contribution in [0, 0.1) is 11.7 Å². The maximum atomic E-state index is 12.9. The molecule has 0 bridgehead atoms. The summed E-state index contributed by atoms with van der Waals surface area (Å²) >= 11 is 0. The Morgan fingerprint density at radius 3 is 2.23 bits per heavy atom. The predicted molar refractivity (Wildman–Crippen MR) is 86.2 cm³/mol. The lowest BCUT2D eigenvalue weighted by atomic mass is 10.1. The van der Waals surface area contributed by atoms with Gasteiger partial charge in [-0.2, -0.15) is 4.31 Å². The average Bonchev–Trinajstić information content (AvgIpc) is 3.30. The lowest BCUT2D eigenvalue weighted by Gasteiger charge is -2.31. The first-order valence-electron chi connectivity index (χ1n) is 7.55. The van der Waals surface area contributed by atoms with Crippen LogP contribution in [0.5, 0.6) is 0 Å². The Kier molecular flexibility index (Phi) is 5.82. The van der Waals surface area contributed by atoms with Gasteiger partial charge in [-0.05, 0) is 62.4 Å². The third-order valence-electron chi connectivity index (χ3n) is 4.30. The van der Waals surface area contributed by atoms with E-state index < -0.39 is 15.8 Å². The van der Waals surface area contributed by atoms with Crippen LogP contribution < -0.4 is 5.32 Å². The molecular formula is C15H22ClFN2O2S. The SMILES string of the molecule is Cl.O=S(=O)(c1ccc(F)cc1)N1CCC(NCC2CC2)CC1. The second kappa shape index (κ2) is 7.25. The van der Waals surface area contributed by atoms with Gasteiger partial charge in [-0.3, -0.25) is 0 Å². The third-order valence-corrected chi connectivity index (χ3v) is 6.21. The molecule has 1 heterocycles. The van der Waals surface area contributed by atoms with Crippen LogP contribution in [0.2, 0.25) is 0 Å². The van der Waals surface area contributed by atoms with Crippen LogP contribution in [-0.2, 0) is 10.0 Å². The molecule has 3 rings (SSSR count). The van der Waals surface area contributed by atoms with Crippen molar-refractivity contribution in [1.29, 1.82) is 0 Å². The van der Waals surface area contributed by atoms with E-state index in [-0.39, 0.29) is 17.3 Å². The van der Waals surface area contributed by atoms with Crippen LogP contribution in [0.3, 0.4) is 0 Å². The van der Waals surface area contributed by atoms with Crippen LogP contribution in [0.1, 0.15) is 25.7 Å². The van der Waals surface area contributed by atoms with Gasteiger partial charge in [-0.25, -0.2) is 12.8 Å². The lowest BCUT2D eigenvalue weighted by molar-refractivity contribution is 0.288. The van der Waals surface area contributed by atoms with Gasteiger partial charge in [0.25, 0.3) is 0 Å². The Balaban J connectivity index is 0.00000176. The zero-order valence-corrected chi connectivity index (χ0v) is 14.0. The van der Waals surface area contributed by atoms with Crippen LogP contribution in [0.25, 0.3) is 0 Å². The molecule has 0 unspecified atom stereocenters. The number of sulfonamides is 1. The molecule has 1 aliphatic heterocycles. The normalized spacial score (nSPS) is 20.6. The Bertz CT molecular complexity index is 582. The molecule has 0 aromatic heterocycles. The Hall–Kier alpha value is -0.690. The van der Waals surface area contributed by atoms with E-state index in [2.05, 4.69) is 5.32 Å². The topological polar surface area (TPSA) is 49.4 Å². The standard InChI is InChI=1S/C15H21FN2O2S.ClH/c16-13-3-5-15(6-4-13)21(19,20)18-9-7-14(8-10-18)17-11-12-1-2-12;/h3-6,12,14,17H,1-2,7-11H2;1H. The fourth-order valence-electron chi connectivity index (χ4n) is 2.71. The highest BCUT2D eigenvalue weighted by Gasteiger charge is 2.30. The summed E-state index contributed by atoms with van der Waals surface area (Å²) in [6, 6.07) is 5.47. The molecule has 7 heteroatoms. The first-order chi connectivity index (χ1) is 10.1. The smallest absolute Gasteiger partial charge is 0.243 e. The molecule has 2 aliphatic rings. The second-order valence-electron chi connectivity index (χ2n) is 5.98. The van der Waals surface area contributed by atoms with Crippen LogP contribution in [0.4, 0.5) is 4.39 Å². The van der Waals surface area contributed by atoms with Gasteiger partial charge in [-0.1, -0.05) is 0 Å². The molecule has 22 heavy (non-hydrogen) atoms. The predicted octanol–water partition coefficient (Wildman–Crippen LogP) is 2.40. The highest BCUT2D eigenvalue weighted by Crippen LogP contribution is 2.28. The summed E-state index contributed by atoms with van der Waals surface area (Å²) in [4.78, 5) is 0.174. The molecule has 0 radical (unpaired) electrons. The molecule has 2 fully saturated rings. The largest absolute Gasteiger partial charge is 0.314 e. The Labute approximate surface area is 137 Å². The fourth-order valence-corrected chi connectivity index (χ4v) is 4.18. The van der Waals surface area contributed by atoms with Crippen molar-refractivity contribution < 1.29 is 12.8 Å². The summed E-state index contributed by atoms with van der Waals surface area (Å²) in [5.74, 6) is 0.419. The van der Waals surface area contributed by atoms with Gasteiger partial charge in [0.1, 0.15) is 5.82 Å². The second-order valence-corrected chi connectivity index (χ2v) is 7.92. The molecule has 0 atom stereocenters. The Morgan fingerprint density at radius 1 is 1.09 bits per heavy atom. The number of hydrogen-bond acceptors (Lipinski definition) is 3. The fraction of sp³-hybridized carbons (Fsp3) is 0.600. The van der Waals surface area contributed by atoms with Gasteiger partial charge in [-0.15, -0.1) is 12.4 Å². The first-order valence-corrected chi connectivity index (χ1v) is 8.99. The van der Waals surface area contributed by atoms with Gasteiger partial charge in [0.2, 0.25) is 10.0 Å². The number of nitrogens with one attached hydrogen (secondary N) is 1. The Morgan fingerprint density at radius 2 is 1.68 bits per heavy atom. The van der Waals surface area contributed by atoms with Gasteiger partial charge in [0, 0.05) is 19.1 Å². The lowest BCUT2D eigenvalue weighted by Crippen LogP contribution is -2.45. The summed E-state index contributed by atoms with van der Waals surface area (Å²) in [6.07, 6.45) is 4.33. The molecule has 124 valence electrons. The van der Waals surface area contributed by atoms with Crippen molar-refractivity contribution in [1.82, 2.24) is 9.62 Å². The molecule has 1 aliphatic carbocycles. The van der Waals surface area contributed by atoms with Crippen molar-refractivity contribution in [2.75, 3.05) is 19.6 Å². The molecule has 0 amide bonds. The molecule has 1 N–H and O–H groups in total. The van der Waals surface area contributed by atoms with Gasteiger partial charge < -0.3 is 5.32 Å². The van der Waals surface area contributed by atoms with E-state index in [0.717, 1.165) is 25.3 Å². The maximum absolute atomic E-state index is 12.9. The minimum absolute atomic E-state index is 0. The summed E-state index contributed by atoms with van der Waals surface area (Å²) in [5.41, 5.74) is 0. The van der Waals surface area contributed by atoms with Gasteiger partial charge in [0.15, 0.2) is 0 Å². The third kappa shape index (κ3) is 4.19. The van der Waals surface area contributed by atoms with E-state index in [1.165, 1.54) is 41.4 Å². The summed E-state index contributed by atoms with van der Waals surface area (Å²) in [5, 5.41) is 3.53. The van der Waals surface area contributed by atoms with Crippen molar-refractivity contribution in [3.05, 3.63) is 30.1 Å². The minimum atomic E-state index is -3.48. The number of piperidine rings is 1. The van der Waals surface area contributed by atoms with Crippen molar-refractivity contribution in [3.8, 4) is 0 Å². The number of nitrogens with zero attached hydrogens (tertiary/aromatic N) is 1. The monoisotopic (exact) mass is 348 g/mol. The summed E-state index contributed by atoms with van der Waals surface area (Å²) in [7, 11) is -3.48. The van der Waals surface area contributed by atoms with E-state index >= 15 is 0 Å². The molecule has 1 aromatic carbocycles. The number of rotatable bonds is 5. The van der Waals surface area contributed by atoms with E-state index in [9.17, 15) is 12.8 Å². The first kappa shape index (κ1) is 17.7. The molecule has 1 saturated carbocycles. The highest BCUT2D eigenvalue weighted by molar-refractivity contribution is 7.89. The van der Waals surface area contributed by atoms with E-state index in [0.29, 0.717) is 19.1 Å². The van der Waals surface area contributed by atoms with Gasteiger partial charge >= 0.3 is 0 Å². The zero-order valence-electron chi connectivity index (χ0n) is 12.4. The van der Waals surface area contributed by atoms with E-state index in [1.54, 1.807) is 0 Å². The van der Waals surface area contributed by atoms with Crippen molar-refractivity contribution in [2.24, 2.45) is 5.92 Å². The molecule has 1 aromatic rings. The highest BCUT2D eigenvalue weighted by atomic mass is 35.5.